The Labute approximate surface area is 118 Å². The molecule has 0 bridgehead atoms. The van der Waals surface area contributed by atoms with Gasteiger partial charge in [0.05, 0.1) is 29.0 Å². The molecule has 2 aromatic rings. The van der Waals surface area contributed by atoms with Crippen molar-refractivity contribution in [2.24, 2.45) is 0 Å². The molecule has 0 aliphatic rings. The van der Waals surface area contributed by atoms with Gasteiger partial charge in [-0.25, -0.2) is 4.79 Å². The van der Waals surface area contributed by atoms with Gasteiger partial charge in [-0.1, -0.05) is 0 Å². The lowest BCUT2D eigenvalue weighted by molar-refractivity contribution is 0.0696. The first-order chi connectivity index (χ1) is 8.60. The monoisotopic (exact) mass is 358 g/mol. The van der Waals surface area contributed by atoms with Crippen LogP contribution in [0.2, 0.25) is 0 Å². The Morgan fingerprint density at radius 2 is 2.33 bits per heavy atom. The first-order valence-corrected chi connectivity index (χ1v) is 6.26. The van der Waals surface area contributed by atoms with Gasteiger partial charge in [0.25, 0.3) is 0 Å². The number of methoxy groups -OCH3 is 1. The minimum absolute atomic E-state index is 0.243. The van der Waals surface area contributed by atoms with Gasteiger partial charge in [-0.3, -0.25) is 4.68 Å². The van der Waals surface area contributed by atoms with E-state index in [1.165, 1.54) is 6.07 Å². The number of aromatic nitrogens is 2. The number of halogens is 1. The molecule has 2 rings (SSSR count). The minimum atomic E-state index is -0.950. The third-order valence-electron chi connectivity index (χ3n) is 2.46. The number of ether oxygens (including phenoxy) is 1. The summed E-state index contributed by atoms with van der Waals surface area (Å²) in [4.78, 5) is 10.9. The maximum Gasteiger partial charge on any atom is 0.335 e. The van der Waals surface area contributed by atoms with Gasteiger partial charge in [-0.15, -0.1) is 0 Å². The van der Waals surface area contributed by atoms with Gasteiger partial charge in [0.1, 0.15) is 5.75 Å². The van der Waals surface area contributed by atoms with Gasteiger partial charge in [0.2, 0.25) is 0 Å². The zero-order valence-corrected chi connectivity index (χ0v) is 11.8. The molecular formula is C12H11IN2O3. The summed E-state index contributed by atoms with van der Waals surface area (Å²) in [5, 5.41) is 13.1. The quantitative estimate of drug-likeness (QED) is 0.852. The Bertz CT molecular complexity index is 580. The van der Waals surface area contributed by atoms with Gasteiger partial charge in [-0.2, -0.15) is 5.10 Å². The topological polar surface area (TPSA) is 64.3 Å². The average Bonchev–Trinajstić information content (AvgIpc) is 2.74. The Hall–Kier alpha value is -1.57. The van der Waals surface area contributed by atoms with Crippen LogP contribution in [-0.2, 0) is 6.54 Å². The number of hydrogen-bond acceptors (Lipinski definition) is 3. The molecule has 0 atom stereocenters. The van der Waals surface area contributed by atoms with Crippen LogP contribution in [0.3, 0.4) is 0 Å². The van der Waals surface area contributed by atoms with E-state index in [-0.39, 0.29) is 5.56 Å². The van der Waals surface area contributed by atoms with E-state index < -0.39 is 5.97 Å². The van der Waals surface area contributed by atoms with Crippen LogP contribution in [0.5, 0.6) is 5.75 Å². The van der Waals surface area contributed by atoms with E-state index >= 15 is 0 Å². The lowest BCUT2D eigenvalue weighted by Gasteiger charge is -2.09. The standard InChI is InChI=1S/C12H11IN2O3/c1-18-11-3-2-8(12(16)17)4-9(11)6-15-7-10(13)5-14-15/h2-5,7H,6H2,1H3,(H,16,17). The molecule has 0 spiro atoms. The van der Waals surface area contributed by atoms with E-state index in [1.807, 2.05) is 6.20 Å². The van der Waals surface area contributed by atoms with E-state index in [0.29, 0.717) is 12.3 Å². The summed E-state index contributed by atoms with van der Waals surface area (Å²) in [7, 11) is 1.56. The molecule has 0 aliphatic heterocycles. The van der Waals surface area contributed by atoms with Crippen molar-refractivity contribution in [3.63, 3.8) is 0 Å². The van der Waals surface area contributed by atoms with Gasteiger partial charge >= 0.3 is 5.97 Å². The molecule has 6 heteroatoms. The van der Waals surface area contributed by atoms with E-state index in [0.717, 1.165) is 9.13 Å². The highest BCUT2D eigenvalue weighted by atomic mass is 127. The Morgan fingerprint density at radius 1 is 1.56 bits per heavy atom. The maximum absolute atomic E-state index is 10.9. The molecule has 1 aromatic heterocycles. The van der Waals surface area contributed by atoms with Crippen molar-refractivity contribution >= 4 is 28.6 Å². The molecule has 1 N–H and O–H groups in total. The molecule has 0 fully saturated rings. The fraction of sp³-hybridized carbons (Fsp3) is 0.167. The third-order valence-corrected chi connectivity index (χ3v) is 3.02. The SMILES string of the molecule is COc1ccc(C(=O)O)cc1Cn1cc(I)cn1. The molecule has 0 radical (unpaired) electrons. The molecule has 0 saturated heterocycles. The van der Waals surface area contributed by atoms with Crippen LogP contribution < -0.4 is 4.74 Å². The van der Waals surface area contributed by atoms with E-state index in [1.54, 1.807) is 30.1 Å². The molecule has 1 aromatic carbocycles. The zero-order valence-electron chi connectivity index (χ0n) is 9.63. The lowest BCUT2D eigenvalue weighted by Crippen LogP contribution is -2.05. The number of carboxylic acids is 1. The normalized spacial score (nSPS) is 10.3. The molecule has 1 heterocycles. The Kier molecular flexibility index (Phi) is 3.85. The van der Waals surface area contributed by atoms with Crippen LogP contribution >= 0.6 is 22.6 Å². The van der Waals surface area contributed by atoms with Crippen molar-refractivity contribution in [1.29, 1.82) is 0 Å². The number of aromatic carboxylic acids is 1. The number of carboxylic acid groups (broad SMARTS) is 1. The maximum atomic E-state index is 10.9. The van der Waals surface area contributed by atoms with Crippen molar-refractivity contribution in [2.45, 2.75) is 6.54 Å². The van der Waals surface area contributed by atoms with Gasteiger partial charge < -0.3 is 9.84 Å². The summed E-state index contributed by atoms with van der Waals surface area (Å²) in [5.41, 5.74) is 1.03. The van der Waals surface area contributed by atoms with E-state index in [4.69, 9.17) is 9.84 Å². The van der Waals surface area contributed by atoms with Crippen molar-refractivity contribution in [1.82, 2.24) is 9.78 Å². The zero-order chi connectivity index (χ0) is 13.1. The van der Waals surface area contributed by atoms with E-state index in [2.05, 4.69) is 27.7 Å². The highest BCUT2D eigenvalue weighted by molar-refractivity contribution is 14.1. The Balaban J connectivity index is 2.35. The first kappa shape index (κ1) is 12.9. The van der Waals surface area contributed by atoms with Crippen molar-refractivity contribution in [2.75, 3.05) is 7.11 Å². The van der Waals surface area contributed by atoms with Crippen LogP contribution in [0.1, 0.15) is 15.9 Å². The summed E-state index contributed by atoms with van der Waals surface area (Å²) in [6, 6.07) is 4.79. The summed E-state index contributed by atoms with van der Waals surface area (Å²) in [6.07, 6.45) is 3.63. The van der Waals surface area contributed by atoms with Crippen molar-refractivity contribution in [3.8, 4) is 5.75 Å². The minimum Gasteiger partial charge on any atom is -0.496 e. The first-order valence-electron chi connectivity index (χ1n) is 5.18. The summed E-state index contributed by atoms with van der Waals surface area (Å²) >= 11 is 2.17. The summed E-state index contributed by atoms with van der Waals surface area (Å²) in [6.45, 7) is 0.479. The van der Waals surface area contributed by atoms with Gasteiger partial charge in [0.15, 0.2) is 0 Å². The molecular weight excluding hydrogens is 347 g/mol. The number of nitrogens with zero attached hydrogens (tertiary/aromatic N) is 2. The molecule has 0 aliphatic carbocycles. The smallest absolute Gasteiger partial charge is 0.335 e. The highest BCUT2D eigenvalue weighted by Gasteiger charge is 2.10. The number of carbonyl (C=O) groups is 1. The second-order valence-corrected chi connectivity index (χ2v) is 4.93. The average molecular weight is 358 g/mol. The molecule has 0 amide bonds. The van der Waals surface area contributed by atoms with Crippen LogP contribution in [0.25, 0.3) is 0 Å². The number of rotatable bonds is 4. The van der Waals surface area contributed by atoms with Crippen molar-refractivity contribution in [3.05, 3.63) is 45.3 Å². The Morgan fingerprint density at radius 3 is 2.89 bits per heavy atom. The van der Waals surface area contributed by atoms with Crippen LogP contribution in [-0.4, -0.2) is 28.0 Å². The molecule has 0 unspecified atom stereocenters. The predicted molar refractivity (Wildman–Crippen MR) is 74.0 cm³/mol. The van der Waals surface area contributed by atoms with Gasteiger partial charge in [0, 0.05) is 11.8 Å². The largest absolute Gasteiger partial charge is 0.496 e. The highest BCUT2D eigenvalue weighted by Crippen LogP contribution is 2.21. The molecule has 0 saturated carbocycles. The molecule has 18 heavy (non-hydrogen) atoms. The van der Waals surface area contributed by atoms with Crippen molar-refractivity contribution < 1.29 is 14.6 Å². The summed E-state index contributed by atoms with van der Waals surface area (Å²) in [5.74, 6) is -0.292. The number of hydrogen-bond donors (Lipinski definition) is 1. The molecule has 94 valence electrons. The lowest BCUT2D eigenvalue weighted by atomic mass is 10.1. The van der Waals surface area contributed by atoms with Crippen LogP contribution in [0.15, 0.2) is 30.6 Å². The molecule has 5 nitrogen and oxygen atoms in total. The van der Waals surface area contributed by atoms with Crippen LogP contribution in [0, 0.1) is 3.57 Å². The number of benzene rings is 1. The predicted octanol–water partition coefficient (Wildman–Crippen LogP) is 2.24. The van der Waals surface area contributed by atoms with E-state index in [9.17, 15) is 4.79 Å². The third kappa shape index (κ3) is 2.81. The fourth-order valence-electron chi connectivity index (χ4n) is 1.63. The second kappa shape index (κ2) is 5.38. The second-order valence-electron chi connectivity index (χ2n) is 3.69. The fourth-order valence-corrected chi connectivity index (χ4v) is 2.08. The van der Waals surface area contributed by atoms with Gasteiger partial charge in [-0.05, 0) is 40.8 Å². The van der Waals surface area contributed by atoms with Crippen LogP contribution in [0.4, 0.5) is 0 Å². The summed E-state index contributed by atoms with van der Waals surface area (Å²) < 4.78 is 7.99.